The summed E-state index contributed by atoms with van der Waals surface area (Å²) in [5, 5.41) is 8.90. The van der Waals surface area contributed by atoms with Crippen molar-refractivity contribution in [1.29, 1.82) is 0 Å². The number of rotatable bonds is 7. The van der Waals surface area contributed by atoms with Gasteiger partial charge in [0.1, 0.15) is 6.04 Å². The minimum Gasteiger partial charge on any atom is -0.468 e. The van der Waals surface area contributed by atoms with Gasteiger partial charge in [-0.15, -0.1) is 5.10 Å². The summed E-state index contributed by atoms with van der Waals surface area (Å²) in [6.45, 7) is 1.46. The van der Waals surface area contributed by atoms with Crippen molar-refractivity contribution in [3.8, 4) is 0 Å². The number of sulfonamides is 1. The average Bonchev–Trinajstić information content (AvgIpc) is 3.23. The summed E-state index contributed by atoms with van der Waals surface area (Å²) < 4.78 is 34.2. The van der Waals surface area contributed by atoms with Crippen molar-refractivity contribution in [3.05, 3.63) is 82.6 Å². The van der Waals surface area contributed by atoms with Crippen LogP contribution < -0.4 is 0 Å². The fourth-order valence-corrected chi connectivity index (χ4v) is 5.65. The summed E-state index contributed by atoms with van der Waals surface area (Å²) in [6.07, 6.45) is 1.69. The highest BCUT2D eigenvalue weighted by molar-refractivity contribution is 7.89. The van der Waals surface area contributed by atoms with Gasteiger partial charge in [-0.25, -0.2) is 13.1 Å². The third-order valence-electron chi connectivity index (χ3n) is 5.69. The average molecular weight is 504 g/mol. The Balaban J connectivity index is 1.53. The van der Waals surface area contributed by atoms with Gasteiger partial charge in [-0.1, -0.05) is 59.3 Å². The lowest BCUT2D eigenvalue weighted by Crippen LogP contribution is -2.48. The maximum Gasteiger partial charge on any atom is 0.325 e. The molecule has 180 valence electrons. The van der Waals surface area contributed by atoms with Crippen LogP contribution in [0.25, 0.3) is 0 Å². The highest BCUT2D eigenvalue weighted by atomic mass is 35.5. The van der Waals surface area contributed by atoms with Gasteiger partial charge < -0.3 is 4.74 Å². The first-order valence-corrected chi connectivity index (χ1v) is 12.8. The van der Waals surface area contributed by atoms with Gasteiger partial charge in [-0.05, 0) is 23.3 Å². The van der Waals surface area contributed by atoms with Crippen molar-refractivity contribution in [2.45, 2.75) is 25.7 Å². The minimum absolute atomic E-state index is 0.0676. The van der Waals surface area contributed by atoms with Crippen LogP contribution in [0, 0.1) is 0 Å². The lowest BCUT2D eigenvalue weighted by molar-refractivity contribution is -0.145. The largest absolute Gasteiger partial charge is 0.468 e. The molecule has 1 saturated heterocycles. The number of halogens is 1. The van der Waals surface area contributed by atoms with E-state index in [4.69, 9.17) is 16.3 Å². The maximum absolute atomic E-state index is 13.2. The van der Waals surface area contributed by atoms with Crippen LogP contribution in [0.5, 0.6) is 0 Å². The Morgan fingerprint density at radius 1 is 1.06 bits per heavy atom. The van der Waals surface area contributed by atoms with E-state index < -0.39 is 22.0 Å². The van der Waals surface area contributed by atoms with Crippen molar-refractivity contribution >= 4 is 27.6 Å². The Morgan fingerprint density at radius 2 is 1.76 bits per heavy atom. The van der Waals surface area contributed by atoms with Crippen LogP contribution in [0.4, 0.5) is 0 Å². The molecular weight excluding hydrogens is 478 g/mol. The summed E-state index contributed by atoms with van der Waals surface area (Å²) in [7, 11) is -2.48. The molecule has 0 radical (unpaired) electrons. The normalized spacial score (nSPS) is 18.9. The van der Waals surface area contributed by atoms with E-state index in [0.29, 0.717) is 30.4 Å². The third-order valence-corrected chi connectivity index (χ3v) is 7.73. The number of esters is 1. The zero-order chi connectivity index (χ0) is 24.1. The zero-order valence-corrected chi connectivity index (χ0v) is 20.3. The first-order chi connectivity index (χ1) is 16.3. The summed E-state index contributed by atoms with van der Waals surface area (Å²) >= 11 is 5.94. The Labute approximate surface area is 203 Å². The highest BCUT2D eigenvalue weighted by Crippen LogP contribution is 2.20. The van der Waals surface area contributed by atoms with Crippen molar-refractivity contribution in [1.82, 2.24) is 24.2 Å². The summed E-state index contributed by atoms with van der Waals surface area (Å²) in [5.41, 5.74) is 2.47. The van der Waals surface area contributed by atoms with E-state index in [-0.39, 0.29) is 18.8 Å². The molecule has 1 unspecified atom stereocenters. The Morgan fingerprint density at radius 3 is 2.47 bits per heavy atom. The molecule has 3 aromatic rings. The van der Waals surface area contributed by atoms with Crippen LogP contribution in [0.15, 0.2) is 60.8 Å². The molecule has 34 heavy (non-hydrogen) atoms. The molecule has 0 bridgehead atoms. The Kier molecular flexibility index (Phi) is 7.62. The zero-order valence-electron chi connectivity index (χ0n) is 18.7. The molecular formula is C23H26ClN5O4S. The second kappa shape index (κ2) is 10.6. The van der Waals surface area contributed by atoms with E-state index in [2.05, 4.69) is 10.3 Å². The third kappa shape index (κ3) is 6.01. The van der Waals surface area contributed by atoms with E-state index >= 15 is 0 Å². The molecule has 1 fully saturated rings. The molecule has 0 aliphatic carbocycles. The highest BCUT2D eigenvalue weighted by Gasteiger charge is 2.40. The molecule has 11 heteroatoms. The number of carbonyl (C=O) groups is 1. The molecule has 1 aromatic heterocycles. The number of aromatic nitrogens is 3. The summed E-state index contributed by atoms with van der Waals surface area (Å²) in [5.74, 6) is -0.705. The van der Waals surface area contributed by atoms with E-state index in [9.17, 15) is 13.2 Å². The van der Waals surface area contributed by atoms with Crippen LogP contribution in [0.3, 0.4) is 0 Å². The van der Waals surface area contributed by atoms with Crippen LogP contribution in [0.1, 0.15) is 16.8 Å². The molecule has 1 atom stereocenters. The summed E-state index contributed by atoms with van der Waals surface area (Å²) in [4.78, 5) is 14.6. The van der Waals surface area contributed by atoms with Gasteiger partial charge in [0.05, 0.1) is 37.8 Å². The van der Waals surface area contributed by atoms with Gasteiger partial charge >= 0.3 is 5.97 Å². The van der Waals surface area contributed by atoms with Gasteiger partial charge in [-0.2, -0.15) is 4.31 Å². The van der Waals surface area contributed by atoms with Gasteiger partial charge in [0.15, 0.2) is 0 Å². The van der Waals surface area contributed by atoms with Crippen molar-refractivity contribution in [3.63, 3.8) is 0 Å². The predicted octanol–water partition coefficient (Wildman–Crippen LogP) is 2.17. The lowest BCUT2D eigenvalue weighted by Gasteiger charge is -2.28. The number of benzene rings is 2. The fraction of sp³-hybridized carbons (Fsp3) is 0.348. The molecule has 9 nitrogen and oxygen atoms in total. The monoisotopic (exact) mass is 503 g/mol. The van der Waals surface area contributed by atoms with Crippen molar-refractivity contribution in [2.75, 3.05) is 26.0 Å². The second-order valence-corrected chi connectivity index (χ2v) is 10.6. The molecule has 0 amide bonds. The number of hydrogen-bond donors (Lipinski definition) is 0. The smallest absolute Gasteiger partial charge is 0.325 e. The number of methoxy groups -OCH3 is 1. The van der Waals surface area contributed by atoms with Crippen LogP contribution in [0.2, 0.25) is 5.02 Å². The molecule has 0 saturated carbocycles. The number of ether oxygens (including phenoxy) is 1. The van der Waals surface area contributed by atoms with Crippen molar-refractivity contribution in [2.24, 2.45) is 0 Å². The van der Waals surface area contributed by atoms with E-state index in [1.807, 2.05) is 47.4 Å². The molecule has 4 rings (SSSR count). The lowest BCUT2D eigenvalue weighted by atomic mass is 10.2. The molecule has 0 spiro atoms. The van der Waals surface area contributed by atoms with Gasteiger partial charge in [0, 0.05) is 24.7 Å². The first-order valence-electron chi connectivity index (χ1n) is 10.8. The number of nitrogens with zero attached hydrogens (tertiary/aromatic N) is 5. The maximum atomic E-state index is 13.2. The quantitative estimate of drug-likeness (QED) is 0.456. The van der Waals surface area contributed by atoms with Crippen LogP contribution in [-0.2, 0) is 39.2 Å². The standard InChI is InChI=1S/C23H26ClN5O4S/c1-33-23(30)22-17-27(13-18-5-3-2-4-6-18)11-12-34(31,32)29(22)16-21-15-28(26-25-21)14-19-7-9-20(24)10-8-19/h2-10,15,22H,11-14,16-17H2,1H3. The predicted molar refractivity (Wildman–Crippen MR) is 127 cm³/mol. The topological polar surface area (TPSA) is 97.6 Å². The minimum atomic E-state index is -3.74. The Bertz CT molecular complexity index is 1220. The second-order valence-electron chi connectivity index (χ2n) is 8.15. The SMILES string of the molecule is COC(=O)C1CN(Cc2ccccc2)CCS(=O)(=O)N1Cc1cn(Cc2ccc(Cl)cc2)nn1. The molecule has 1 aliphatic heterocycles. The van der Waals surface area contributed by atoms with Crippen LogP contribution in [-0.4, -0.2) is 70.6 Å². The molecule has 1 aliphatic rings. The fourth-order valence-electron chi connectivity index (χ4n) is 3.93. The first kappa shape index (κ1) is 24.3. The van der Waals surface area contributed by atoms with E-state index in [1.165, 1.54) is 11.4 Å². The van der Waals surface area contributed by atoms with Crippen LogP contribution >= 0.6 is 11.6 Å². The van der Waals surface area contributed by atoms with Gasteiger partial charge in [-0.3, -0.25) is 9.69 Å². The number of carbonyl (C=O) groups excluding carboxylic acids is 1. The molecule has 2 aromatic carbocycles. The summed E-state index contributed by atoms with van der Waals surface area (Å²) in [6, 6.07) is 16.1. The van der Waals surface area contributed by atoms with Gasteiger partial charge in [0.2, 0.25) is 10.0 Å². The Hall–Kier alpha value is -2.79. The van der Waals surface area contributed by atoms with E-state index in [0.717, 1.165) is 11.1 Å². The molecule has 2 heterocycles. The molecule has 0 N–H and O–H groups in total. The number of hydrogen-bond acceptors (Lipinski definition) is 7. The van der Waals surface area contributed by atoms with Crippen molar-refractivity contribution < 1.29 is 17.9 Å². The van der Waals surface area contributed by atoms with E-state index in [1.54, 1.807) is 23.0 Å². The van der Waals surface area contributed by atoms with Gasteiger partial charge in [0.25, 0.3) is 0 Å².